The fourth-order valence-electron chi connectivity index (χ4n) is 4.03. The van der Waals surface area contributed by atoms with E-state index in [1.165, 1.54) is 19.3 Å². The van der Waals surface area contributed by atoms with E-state index in [0.29, 0.717) is 24.3 Å². The first kappa shape index (κ1) is 19.0. The number of nitrogens with zero attached hydrogens (tertiary/aromatic N) is 1. The highest BCUT2D eigenvalue weighted by atomic mass is 16.3. The Morgan fingerprint density at radius 3 is 2.50 bits per heavy atom. The molecule has 0 aromatic carbocycles. The Kier molecular flexibility index (Phi) is 6.35. The summed E-state index contributed by atoms with van der Waals surface area (Å²) in [4.78, 5) is 26.7. The molecule has 2 fully saturated rings. The molecule has 0 unspecified atom stereocenters. The van der Waals surface area contributed by atoms with Crippen LogP contribution < -0.4 is 10.6 Å². The summed E-state index contributed by atoms with van der Waals surface area (Å²) >= 11 is 0. The average Bonchev–Trinajstić information content (AvgIpc) is 3.05. The van der Waals surface area contributed by atoms with Crippen molar-refractivity contribution in [3.63, 3.8) is 0 Å². The van der Waals surface area contributed by atoms with Crippen LogP contribution in [0.15, 0.2) is 16.5 Å². The molecule has 2 N–H and O–H groups in total. The van der Waals surface area contributed by atoms with Gasteiger partial charge < -0.3 is 15.1 Å². The predicted octanol–water partition coefficient (Wildman–Crippen LogP) is 2.48. The molecule has 3 rings (SSSR count). The maximum Gasteiger partial charge on any atom is 0.287 e. The minimum atomic E-state index is -0.152. The van der Waals surface area contributed by atoms with Crippen molar-refractivity contribution in [2.75, 3.05) is 19.6 Å². The number of hydrogen-bond donors (Lipinski definition) is 2. The van der Waals surface area contributed by atoms with E-state index in [1.54, 1.807) is 12.1 Å². The summed E-state index contributed by atoms with van der Waals surface area (Å²) in [6.45, 7) is 6.18. The minimum absolute atomic E-state index is 0.136. The number of furan rings is 1. The predicted molar refractivity (Wildman–Crippen MR) is 99.9 cm³/mol. The first-order chi connectivity index (χ1) is 12.5. The van der Waals surface area contributed by atoms with E-state index in [0.717, 1.165) is 38.1 Å². The van der Waals surface area contributed by atoms with Crippen molar-refractivity contribution >= 4 is 11.8 Å². The highest BCUT2D eigenvalue weighted by Gasteiger charge is 2.26. The third kappa shape index (κ3) is 5.10. The van der Waals surface area contributed by atoms with Crippen LogP contribution in [-0.4, -0.2) is 48.4 Å². The van der Waals surface area contributed by atoms with E-state index < -0.39 is 0 Å². The molecule has 1 saturated heterocycles. The van der Waals surface area contributed by atoms with Gasteiger partial charge >= 0.3 is 0 Å². The van der Waals surface area contributed by atoms with Crippen LogP contribution in [0.2, 0.25) is 0 Å². The van der Waals surface area contributed by atoms with Crippen LogP contribution in [0.3, 0.4) is 0 Å². The fourth-order valence-corrected chi connectivity index (χ4v) is 4.03. The van der Waals surface area contributed by atoms with Crippen LogP contribution in [0, 0.1) is 12.8 Å². The van der Waals surface area contributed by atoms with Gasteiger partial charge in [-0.05, 0) is 50.7 Å². The highest BCUT2D eigenvalue weighted by molar-refractivity contribution is 5.91. The van der Waals surface area contributed by atoms with Gasteiger partial charge in [-0.3, -0.25) is 14.5 Å². The van der Waals surface area contributed by atoms with Crippen LogP contribution in [0.1, 0.15) is 61.8 Å². The van der Waals surface area contributed by atoms with E-state index in [1.807, 2.05) is 6.92 Å². The summed E-state index contributed by atoms with van der Waals surface area (Å²) in [5.74, 6) is 1.67. The van der Waals surface area contributed by atoms with E-state index in [-0.39, 0.29) is 17.9 Å². The number of carbonyl (C=O) groups is 2. The molecule has 1 aliphatic carbocycles. The number of likely N-dealkylation sites (tertiary alicyclic amines) is 1. The van der Waals surface area contributed by atoms with Gasteiger partial charge in [0.15, 0.2) is 5.76 Å². The summed E-state index contributed by atoms with van der Waals surface area (Å²) in [5.41, 5.74) is 0. The summed E-state index contributed by atoms with van der Waals surface area (Å²) in [6.07, 6.45) is 6.54. The Balaban J connectivity index is 1.38. The molecule has 6 heteroatoms. The largest absolute Gasteiger partial charge is 0.456 e. The molecule has 1 saturated carbocycles. The lowest BCUT2D eigenvalue weighted by molar-refractivity contribution is -0.123. The monoisotopic (exact) mass is 361 g/mol. The second-order valence-electron chi connectivity index (χ2n) is 7.87. The molecular formula is C20H31N3O3. The number of carbonyl (C=O) groups excluding carboxylic acids is 2. The summed E-state index contributed by atoms with van der Waals surface area (Å²) in [5, 5.41) is 6.25. The topological polar surface area (TPSA) is 74.6 Å². The number of aryl methyl sites for hydroxylation is 1. The van der Waals surface area contributed by atoms with E-state index in [4.69, 9.17) is 4.42 Å². The molecule has 0 spiro atoms. The molecule has 2 heterocycles. The molecule has 1 aromatic rings. The highest BCUT2D eigenvalue weighted by Crippen LogP contribution is 2.23. The number of rotatable bonds is 5. The molecule has 144 valence electrons. The van der Waals surface area contributed by atoms with E-state index >= 15 is 0 Å². The lowest BCUT2D eigenvalue weighted by Crippen LogP contribution is -2.49. The summed E-state index contributed by atoms with van der Waals surface area (Å²) < 4.78 is 5.37. The van der Waals surface area contributed by atoms with E-state index in [9.17, 15) is 9.59 Å². The van der Waals surface area contributed by atoms with Gasteiger partial charge in [0.2, 0.25) is 5.91 Å². The quantitative estimate of drug-likeness (QED) is 0.845. The Morgan fingerprint density at radius 2 is 1.85 bits per heavy atom. The van der Waals surface area contributed by atoms with Crippen molar-refractivity contribution in [2.24, 2.45) is 5.92 Å². The van der Waals surface area contributed by atoms with Gasteiger partial charge in [0.25, 0.3) is 5.91 Å². The maximum absolute atomic E-state index is 12.3. The molecule has 1 aromatic heterocycles. The molecule has 2 atom stereocenters. The van der Waals surface area contributed by atoms with Crippen molar-refractivity contribution in [3.05, 3.63) is 23.7 Å². The molecule has 6 nitrogen and oxygen atoms in total. The molecule has 0 bridgehead atoms. The average molecular weight is 361 g/mol. The Morgan fingerprint density at radius 1 is 1.12 bits per heavy atom. The number of amides is 2. The van der Waals surface area contributed by atoms with Gasteiger partial charge in [-0.15, -0.1) is 0 Å². The molecule has 1 aliphatic heterocycles. The summed E-state index contributed by atoms with van der Waals surface area (Å²) in [6, 6.07) is 3.98. The van der Waals surface area contributed by atoms with Crippen LogP contribution in [0.25, 0.3) is 0 Å². The SMILES string of the molecule is Cc1ccc(C(=O)NC2CCN(CC(=O)N[C@H]3CCCC[C@H]3C)CC2)o1. The Bertz CT molecular complexity index is 620. The van der Waals surface area contributed by atoms with Crippen molar-refractivity contribution in [1.29, 1.82) is 0 Å². The second kappa shape index (κ2) is 8.71. The van der Waals surface area contributed by atoms with Gasteiger partial charge in [0.1, 0.15) is 5.76 Å². The molecule has 2 amide bonds. The second-order valence-corrected chi connectivity index (χ2v) is 7.87. The molecular weight excluding hydrogens is 330 g/mol. The lowest BCUT2D eigenvalue weighted by atomic mass is 9.86. The first-order valence-corrected chi connectivity index (χ1v) is 9.90. The minimum Gasteiger partial charge on any atom is -0.456 e. The third-order valence-corrected chi connectivity index (χ3v) is 5.71. The molecule has 26 heavy (non-hydrogen) atoms. The van der Waals surface area contributed by atoms with Gasteiger partial charge in [-0.2, -0.15) is 0 Å². The van der Waals surface area contributed by atoms with Crippen molar-refractivity contribution in [3.8, 4) is 0 Å². The zero-order valence-electron chi connectivity index (χ0n) is 15.9. The van der Waals surface area contributed by atoms with Crippen LogP contribution in [0.4, 0.5) is 0 Å². The normalized spacial score (nSPS) is 25.0. The van der Waals surface area contributed by atoms with Gasteiger partial charge in [-0.25, -0.2) is 0 Å². The number of nitrogens with one attached hydrogen (secondary N) is 2. The van der Waals surface area contributed by atoms with Crippen molar-refractivity contribution < 1.29 is 14.0 Å². The molecule has 0 radical (unpaired) electrons. The van der Waals surface area contributed by atoms with E-state index in [2.05, 4.69) is 22.5 Å². The van der Waals surface area contributed by atoms with Crippen molar-refractivity contribution in [2.45, 2.75) is 64.5 Å². The summed E-state index contributed by atoms with van der Waals surface area (Å²) in [7, 11) is 0. The van der Waals surface area contributed by atoms with Crippen LogP contribution >= 0.6 is 0 Å². The maximum atomic E-state index is 12.3. The fraction of sp³-hybridized carbons (Fsp3) is 0.700. The zero-order valence-corrected chi connectivity index (χ0v) is 15.9. The lowest BCUT2D eigenvalue weighted by Gasteiger charge is -2.33. The standard InChI is InChI=1S/C20H31N3O3/c1-14-5-3-4-6-17(14)22-19(24)13-23-11-9-16(10-12-23)21-20(25)18-8-7-15(2)26-18/h7-8,14,16-17H,3-6,9-13H2,1-2H3,(H,21,25)(H,22,24)/t14-,17+/m1/s1. The van der Waals surface area contributed by atoms with Gasteiger partial charge in [0, 0.05) is 25.2 Å². The van der Waals surface area contributed by atoms with Gasteiger partial charge in [-0.1, -0.05) is 19.8 Å². The Labute approximate surface area is 155 Å². The first-order valence-electron chi connectivity index (χ1n) is 9.90. The van der Waals surface area contributed by atoms with Crippen molar-refractivity contribution in [1.82, 2.24) is 15.5 Å². The van der Waals surface area contributed by atoms with Crippen LogP contribution in [-0.2, 0) is 4.79 Å². The van der Waals surface area contributed by atoms with Crippen LogP contribution in [0.5, 0.6) is 0 Å². The molecule has 2 aliphatic rings. The van der Waals surface area contributed by atoms with Gasteiger partial charge in [0.05, 0.1) is 6.54 Å². The number of hydrogen-bond acceptors (Lipinski definition) is 4. The number of piperidine rings is 1. The smallest absolute Gasteiger partial charge is 0.287 e. The Hall–Kier alpha value is -1.82. The third-order valence-electron chi connectivity index (χ3n) is 5.71. The zero-order chi connectivity index (χ0) is 18.5.